The van der Waals surface area contributed by atoms with Crippen LogP contribution in [-0.4, -0.2) is 31.4 Å². The Morgan fingerprint density at radius 1 is 0.895 bits per heavy atom. The number of carbonyl (C=O) groups excluding carboxylic acids is 1. The van der Waals surface area contributed by atoms with E-state index in [1.54, 1.807) is 38.1 Å². The molecule has 3 aromatic carbocycles. The van der Waals surface area contributed by atoms with Crippen LogP contribution >= 0.6 is 0 Å². The summed E-state index contributed by atoms with van der Waals surface area (Å²) in [5.74, 6) is -1.89. The molecule has 2 atom stereocenters. The predicted molar refractivity (Wildman–Crippen MR) is 145 cm³/mol. The maximum absolute atomic E-state index is 13.4. The Morgan fingerprint density at radius 3 is 1.97 bits per heavy atom. The van der Waals surface area contributed by atoms with Crippen LogP contribution in [0.15, 0.2) is 95.5 Å². The summed E-state index contributed by atoms with van der Waals surface area (Å²) in [4.78, 5) is 24.7. The van der Waals surface area contributed by atoms with Crippen LogP contribution in [0.1, 0.15) is 26.3 Å². The lowest BCUT2D eigenvalue weighted by Gasteiger charge is -2.27. The van der Waals surface area contributed by atoms with Gasteiger partial charge in [0, 0.05) is 11.4 Å². The number of benzene rings is 3. The van der Waals surface area contributed by atoms with Gasteiger partial charge in [0.2, 0.25) is 10.0 Å². The highest BCUT2D eigenvalue weighted by atomic mass is 32.2. The van der Waals surface area contributed by atoms with Gasteiger partial charge in [0.15, 0.2) is 5.54 Å². The van der Waals surface area contributed by atoms with Crippen molar-refractivity contribution in [1.82, 2.24) is 15.6 Å². The molecule has 1 heterocycles. The Balaban J connectivity index is 1.49. The largest absolute Gasteiger partial charge is 0.480 e. The minimum atomic E-state index is -4.00. The molecular weight excluding hydrogens is 504 g/mol. The Bertz CT molecular complexity index is 1450. The van der Waals surface area contributed by atoms with E-state index in [0.29, 0.717) is 5.69 Å². The van der Waals surface area contributed by atoms with Gasteiger partial charge in [-0.15, -0.1) is 0 Å². The lowest BCUT2D eigenvalue weighted by atomic mass is 9.89. The fraction of sp³-hybridized carbons (Fsp3) is 0.214. The van der Waals surface area contributed by atoms with Crippen LogP contribution in [0.5, 0.6) is 0 Å². The fourth-order valence-electron chi connectivity index (χ4n) is 4.21. The van der Waals surface area contributed by atoms with Crippen molar-refractivity contribution in [2.75, 3.05) is 5.32 Å². The first-order chi connectivity index (χ1) is 18.0. The Labute approximate surface area is 222 Å². The van der Waals surface area contributed by atoms with E-state index in [1.807, 2.05) is 55.5 Å². The molecule has 5 N–H and O–H groups in total. The van der Waals surface area contributed by atoms with Crippen molar-refractivity contribution in [3.8, 4) is 11.1 Å². The van der Waals surface area contributed by atoms with Crippen LogP contribution in [0.4, 0.5) is 5.69 Å². The second kappa shape index (κ2) is 10.8. The Hall–Kier alpha value is -3.99. The molecule has 1 amide bonds. The third-order valence-electron chi connectivity index (χ3n) is 6.33. The van der Waals surface area contributed by atoms with E-state index >= 15 is 0 Å². The first-order valence-electron chi connectivity index (χ1n) is 12.1. The number of sulfonamides is 1. The van der Waals surface area contributed by atoms with Crippen LogP contribution in [0, 0.1) is 5.92 Å². The zero-order chi connectivity index (χ0) is 27.5. The molecule has 0 spiro atoms. The smallest absolute Gasteiger partial charge is 0.322 e. The van der Waals surface area contributed by atoms with Gasteiger partial charge in [-0.1, -0.05) is 68.4 Å². The summed E-state index contributed by atoms with van der Waals surface area (Å²) in [6.45, 7) is 5.15. The Morgan fingerprint density at radius 2 is 1.47 bits per heavy atom. The highest BCUT2D eigenvalue weighted by Gasteiger charge is 2.41. The summed E-state index contributed by atoms with van der Waals surface area (Å²) in [6.07, 6.45) is 1.84. The molecule has 1 unspecified atom stereocenters. The third-order valence-corrected chi connectivity index (χ3v) is 7.79. The lowest BCUT2D eigenvalue weighted by molar-refractivity contribution is -0.140. The van der Waals surface area contributed by atoms with Gasteiger partial charge < -0.3 is 15.8 Å². The standard InChI is InChI=1S/C28H30N4O5S/c1-18(2)25(26(33)34)31-38(36,37)24-15-11-21(12-16-24)20-9-13-23(14-10-20)29-27(35)28(17-19(3)30-32-28)22-7-5-4-6-8-22/h4-18,25,30-32H,1-3H3,(H,29,35)(H,33,34)/t25-,28?/m0/s1. The fourth-order valence-corrected chi connectivity index (χ4v) is 5.55. The number of carbonyl (C=O) groups is 2. The van der Waals surface area contributed by atoms with E-state index in [2.05, 4.69) is 20.9 Å². The molecule has 0 bridgehead atoms. The topological polar surface area (TPSA) is 137 Å². The SMILES string of the molecule is CC1=CC(C(=O)Nc2ccc(-c3ccc(S(=O)(=O)N[C@H](C(=O)O)C(C)C)cc3)cc2)(c2ccccc2)NN1. The molecule has 0 saturated carbocycles. The van der Waals surface area contributed by atoms with E-state index in [1.165, 1.54) is 12.1 Å². The summed E-state index contributed by atoms with van der Waals surface area (Å²) in [5, 5.41) is 12.3. The zero-order valence-corrected chi connectivity index (χ0v) is 22.0. The number of carboxylic acids is 1. The molecular formula is C28H30N4O5S. The third kappa shape index (κ3) is 5.62. The number of anilines is 1. The maximum Gasteiger partial charge on any atom is 0.322 e. The summed E-state index contributed by atoms with van der Waals surface area (Å²) < 4.78 is 27.6. The van der Waals surface area contributed by atoms with Gasteiger partial charge in [-0.05, 0) is 59.9 Å². The van der Waals surface area contributed by atoms with E-state index < -0.39 is 33.5 Å². The highest BCUT2D eigenvalue weighted by molar-refractivity contribution is 7.89. The van der Waals surface area contributed by atoms with Crippen molar-refractivity contribution in [3.63, 3.8) is 0 Å². The average molecular weight is 535 g/mol. The molecule has 0 aromatic heterocycles. The quantitative estimate of drug-likeness (QED) is 0.283. The number of amides is 1. The molecule has 10 heteroatoms. The van der Waals surface area contributed by atoms with Crippen molar-refractivity contribution in [3.05, 3.63) is 96.2 Å². The molecule has 0 radical (unpaired) electrons. The zero-order valence-electron chi connectivity index (χ0n) is 21.2. The van der Waals surface area contributed by atoms with E-state index in [9.17, 15) is 23.1 Å². The minimum absolute atomic E-state index is 0.0238. The maximum atomic E-state index is 13.4. The first-order valence-corrected chi connectivity index (χ1v) is 13.6. The number of rotatable bonds is 9. The first kappa shape index (κ1) is 27.1. The van der Waals surface area contributed by atoms with Gasteiger partial charge in [0.25, 0.3) is 5.91 Å². The number of hydrogen-bond acceptors (Lipinski definition) is 6. The molecule has 0 aliphatic carbocycles. The summed E-state index contributed by atoms with van der Waals surface area (Å²) in [7, 11) is -4.00. The number of hydrogen-bond donors (Lipinski definition) is 5. The highest BCUT2D eigenvalue weighted by Crippen LogP contribution is 2.29. The van der Waals surface area contributed by atoms with Gasteiger partial charge >= 0.3 is 5.97 Å². The van der Waals surface area contributed by atoms with Gasteiger partial charge in [-0.3, -0.25) is 9.59 Å². The van der Waals surface area contributed by atoms with Crippen molar-refractivity contribution in [2.45, 2.75) is 37.2 Å². The normalized spacial score (nSPS) is 17.9. The molecule has 1 aliphatic rings. The van der Waals surface area contributed by atoms with Crippen LogP contribution in [0.2, 0.25) is 0 Å². The van der Waals surface area contributed by atoms with Gasteiger partial charge in [0.1, 0.15) is 6.04 Å². The number of carboxylic acid groups (broad SMARTS) is 1. The van der Waals surface area contributed by atoms with E-state index in [0.717, 1.165) is 22.4 Å². The van der Waals surface area contributed by atoms with Crippen LogP contribution in [0.25, 0.3) is 11.1 Å². The molecule has 9 nitrogen and oxygen atoms in total. The number of allylic oxidation sites excluding steroid dienone is 1. The van der Waals surface area contributed by atoms with Crippen LogP contribution in [0.3, 0.4) is 0 Å². The molecule has 0 saturated heterocycles. The second-order valence-corrected chi connectivity index (χ2v) is 11.2. The summed E-state index contributed by atoms with van der Waals surface area (Å²) in [5.41, 5.74) is 8.87. The van der Waals surface area contributed by atoms with Crippen molar-refractivity contribution >= 4 is 27.6 Å². The van der Waals surface area contributed by atoms with Gasteiger partial charge in [-0.2, -0.15) is 4.72 Å². The Kier molecular flexibility index (Phi) is 7.68. The van der Waals surface area contributed by atoms with Crippen molar-refractivity contribution in [1.29, 1.82) is 0 Å². The molecule has 1 aliphatic heterocycles. The van der Waals surface area contributed by atoms with Crippen molar-refractivity contribution < 1.29 is 23.1 Å². The monoisotopic (exact) mass is 534 g/mol. The number of aliphatic carboxylic acids is 1. The van der Waals surface area contributed by atoms with E-state index in [4.69, 9.17) is 0 Å². The molecule has 0 fully saturated rings. The lowest BCUT2D eigenvalue weighted by Crippen LogP contribution is -2.51. The molecule has 4 rings (SSSR count). The molecule has 3 aromatic rings. The number of hydrazine groups is 1. The van der Waals surface area contributed by atoms with Crippen LogP contribution < -0.4 is 20.9 Å². The predicted octanol–water partition coefficient (Wildman–Crippen LogP) is 3.59. The van der Waals surface area contributed by atoms with Crippen LogP contribution in [-0.2, 0) is 25.2 Å². The van der Waals surface area contributed by atoms with Crippen molar-refractivity contribution in [2.24, 2.45) is 5.92 Å². The van der Waals surface area contributed by atoms with Gasteiger partial charge in [0.05, 0.1) is 4.90 Å². The minimum Gasteiger partial charge on any atom is -0.480 e. The van der Waals surface area contributed by atoms with Gasteiger partial charge in [-0.25, -0.2) is 13.8 Å². The molecule has 198 valence electrons. The summed E-state index contributed by atoms with van der Waals surface area (Å²) in [6, 6.07) is 21.6. The molecule has 38 heavy (non-hydrogen) atoms. The summed E-state index contributed by atoms with van der Waals surface area (Å²) >= 11 is 0. The second-order valence-electron chi connectivity index (χ2n) is 9.49. The number of nitrogens with one attached hydrogen (secondary N) is 4. The average Bonchev–Trinajstić information content (AvgIpc) is 3.31. The van der Waals surface area contributed by atoms with E-state index in [-0.39, 0.29) is 10.8 Å².